The lowest BCUT2D eigenvalue weighted by molar-refractivity contribution is 0.482. The molecule has 120 valence electrons. The van der Waals surface area contributed by atoms with Crippen LogP contribution in [-0.2, 0) is 31.8 Å². The molecule has 0 fully saturated rings. The molecule has 0 radical (unpaired) electrons. The summed E-state index contributed by atoms with van der Waals surface area (Å²) in [6.45, 7) is 0. The Morgan fingerprint density at radius 1 is 0.727 bits per heavy atom. The van der Waals surface area contributed by atoms with Crippen molar-refractivity contribution in [1.29, 1.82) is 0 Å². The van der Waals surface area contributed by atoms with Crippen LogP contribution in [-0.4, -0.2) is 21.4 Å². The van der Waals surface area contributed by atoms with E-state index < -0.39 is 26.1 Å². The second-order valence-electron chi connectivity index (χ2n) is 4.38. The van der Waals surface area contributed by atoms with Crippen molar-refractivity contribution in [2.75, 3.05) is 0 Å². The molecule has 22 heavy (non-hydrogen) atoms. The monoisotopic (exact) mass is 346 g/mol. The molecular weight excluding hydrogens is 331 g/mol. The third kappa shape index (κ3) is 9.22. The number of hydrogen-bond acceptors (Lipinski definition) is 4. The molecule has 0 spiro atoms. The van der Waals surface area contributed by atoms with Crippen molar-refractivity contribution in [2.24, 2.45) is 0 Å². The summed E-state index contributed by atoms with van der Waals surface area (Å²) in [5.74, 6) is -0.846. The van der Waals surface area contributed by atoms with Crippen molar-refractivity contribution < 1.29 is 25.3 Å². The van der Waals surface area contributed by atoms with Gasteiger partial charge in [-0.2, -0.15) is 16.8 Å². The van der Waals surface area contributed by atoms with Crippen LogP contribution < -0.4 is 0 Å². The molecule has 0 aliphatic carbocycles. The molecule has 0 heterocycles. The van der Waals surface area contributed by atoms with Crippen LogP contribution in [0.2, 0.25) is 0 Å². The largest absolute Gasteiger partial charge is 0.306 e. The lowest BCUT2D eigenvalue weighted by Gasteiger charge is -1.95. The quantitative estimate of drug-likeness (QED) is 0.679. The van der Waals surface area contributed by atoms with Crippen LogP contribution in [0.1, 0.15) is 11.1 Å². The normalized spacial score (nSPS) is 11.4. The van der Waals surface area contributed by atoms with Gasteiger partial charge in [0, 0.05) is 0 Å². The molecule has 0 bridgehead atoms. The minimum absolute atomic E-state index is 0.312. The number of benzene rings is 2. The molecule has 2 rings (SSSR count). The highest BCUT2D eigenvalue weighted by Crippen LogP contribution is 2.05. The Hall–Kier alpha value is -1.77. The standard InChI is InChI=1S/C7H7FO2S.C7H8O3S/c2*8-11(9,10)6-7-4-2-1-3-5-7/h1-5H,6H2;1-5H,6H2,(H,8,9,10). The first-order chi connectivity index (χ1) is 10.2. The van der Waals surface area contributed by atoms with Crippen molar-refractivity contribution in [3.05, 3.63) is 71.8 Å². The van der Waals surface area contributed by atoms with Gasteiger partial charge in [0.2, 0.25) is 0 Å². The number of rotatable bonds is 4. The lowest BCUT2D eigenvalue weighted by Crippen LogP contribution is -2.00. The van der Waals surface area contributed by atoms with Crippen molar-refractivity contribution in [3.8, 4) is 0 Å². The Morgan fingerprint density at radius 2 is 1.09 bits per heavy atom. The van der Waals surface area contributed by atoms with Gasteiger partial charge in [-0.1, -0.05) is 60.7 Å². The van der Waals surface area contributed by atoms with Crippen LogP contribution in [0.3, 0.4) is 0 Å². The van der Waals surface area contributed by atoms with Gasteiger partial charge in [-0.3, -0.25) is 4.55 Å². The van der Waals surface area contributed by atoms with E-state index in [1.165, 1.54) is 0 Å². The van der Waals surface area contributed by atoms with Crippen molar-refractivity contribution in [3.63, 3.8) is 0 Å². The first kappa shape index (κ1) is 18.3. The van der Waals surface area contributed by atoms with Crippen molar-refractivity contribution >= 4 is 20.3 Å². The molecule has 0 aliphatic rings. The second kappa shape index (κ2) is 8.02. The van der Waals surface area contributed by atoms with Crippen LogP contribution in [0, 0.1) is 0 Å². The van der Waals surface area contributed by atoms with Gasteiger partial charge in [-0.15, -0.1) is 3.89 Å². The third-order valence-corrected chi connectivity index (χ3v) is 3.75. The summed E-state index contributed by atoms with van der Waals surface area (Å²) in [5, 5.41) is 0. The second-order valence-corrected chi connectivity index (χ2v) is 7.20. The summed E-state index contributed by atoms with van der Waals surface area (Å²) in [6.07, 6.45) is 0. The van der Waals surface area contributed by atoms with E-state index in [0.717, 1.165) is 0 Å². The van der Waals surface area contributed by atoms with Crippen LogP contribution in [0.5, 0.6) is 0 Å². The average molecular weight is 346 g/mol. The van der Waals surface area contributed by atoms with Gasteiger partial charge in [-0.25, -0.2) is 0 Å². The predicted octanol–water partition coefficient (Wildman–Crippen LogP) is 2.56. The Balaban J connectivity index is 0.000000220. The van der Waals surface area contributed by atoms with Crippen LogP contribution >= 0.6 is 0 Å². The Kier molecular flexibility index (Phi) is 6.66. The van der Waals surface area contributed by atoms with E-state index >= 15 is 0 Å². The van der Waals surface area contributed by atoms with Gasteiger partial charge in [0.15, 0.2) is 0 Å². The summed E-state index contributed by atoms with van der Waals surface area (Å²) in [4.78, 5) is 0. The van der Waals surface area contributed by atoms with Gasteiger partial charge in [0.1, 0.15) is 11.5 Å². The highest BCUT2D eigenvalue weighted by molar-refractivity contribution is 7.85. The lowest BCUT2D eigenvalue weighted by atomic mass is 10.2. The molecule has 1 N–H and O–H groups in total. The first-order valence-electron chi connectivity index (χ1n) is 6.11. The van der Waals surface area contributed by atoms with E-state index in [1.807, 2.05) is 0 Å². The minimum atomic E-state index is -4.38. The van der Waals surface area contributed by atoms with Crippen molar-refractivity contribution in [1.82, 2.24) is 0 Å². The van der Waals surface area contributed by atoms with E-state index in [1.54, 1.807) is 60.7 Å². The maximum atomic E-state index is 12.0. The van der Waals surface area contributed by atoms with Crippen LogP contribution in [0.25, 0.3) is 0 Å². The van der Waals surface area contributed by atoms with E-state index in [0.29, 0.717) is 11.1 Å². The molecule has 0 amide bonds. The summed E-state index contributed by atoms with van der Waals surface area (Å²) < 4.78 is 61.5. The zero-order chi connectivity index (χ0) is 16.6. The Morgan fingerprint density at radius 3 is 1.41 bits per heavy atom. The summed E-state index contributed by atoms with van der Waals surface area (Å²) in [6, 6.07) is 16.7. The topological polar surface area (TPSA) is 88.5 Å². The molecule has 2 aromatic carbocycles. The fraction of sp³-hybridized carbons (Fsp3) is 0.143. The van der Waals surface area contributed by atoms with Gasteiger partial charge < -0.3 is 0 Å². The summed E-state index contributed by atoms with van der Waals surface area (Å²) >= 11 is 0. The Bertz CT molecular complexity index is 703. The van der Waals surface area contributed by atoms with E-state index in [-0.39, 0.29) is 5.75 Å². The van der Waals surface area contributed by atoms with Gasteiger partial charge >= 0.3 is 10.2 Å². The third-order valence-electron chi connectivity index (χ3n) is 2.37. The Labute approximate surface area is 129 Å². The van der Waals surface area contributed by atoms with E-state index in [9.17, 15) is 20.7 Å². The van der Waals surface area contributed by atoms with Gasteiger partial charge in [0.25, 0.3) is 10.1 Å². The molecule has 0 aliphatic heterocycles. The zero-order valence-corrected chi connectivity index (χ0v) is 13.1. The molecule has 0 atom stereocenters. The first-order valence-corrected chi connectivity index (χ1v) is 9.27. The van der Waals surface area contributed by atoms with E-state index in [2.05, 4.69) is 0 Å². The molecule has 5 nitrogen and oxygen atoms in total. The zero-order valence-electron chi connectivity index (χ0n) is 11.5. The molecule has 0 saturated carbocycles. The molecule has 0 saturated heterocycles. The highest BCUT2D eigenvalue weighted by Gasteiger charge is 2.07. The molecular formula is C14H15FO5S2. The maximum absolute atomic E-state index is 12.0. The van der Waals surface area contributed by atoms with Crippen LogP contribution in [0.15, 0.2) is 60.7 Å². The predicted molar refractivity (Wildman–Crippen MR) is 81.9 cm³/mol. The maximum Gasteiger partial charge on any atom is 0.306 e. The number of hydrogen-bond donors (Lipinski definition) is 1. The smallest absolute Gasteiger partial charge is 0.285 e. The van der Waals surface area contributed by atoms with Crippen molar-refractivity contribution in [2.45, 2.75) is 11.5 Å². The average Bonchev–Trinajstić information content (AvgIpc) is 2.38. The molecule has 0 unspecified atom stereocenters. The molecule has 2 aromatic rings. The van der Waals surface area contributed by atoms with Gasteiger partial charge in [0.05, 0.1) is 0 Å². The van der Waals surface area contributed by atoms with Gasteiger partial charge in [-0.05, 0) is 11.1 Å². The van der Waals surface area contributed by atoms with E-state index in [4.69, 9.17) is 4.55 Å². The molecule has 8 heteroatoms. The summed E-state index contributed by atoms with van der Waals surface area (Å²) in [7, 11) is -8.25. The number of halogens is 1. The molecule has 0 aromatic heterocycles. The SMILES string of the molecule is O=S(=O)(F)Cc1ccccc1.O=S(=O)(O)Cc1ccccc1. The minimum Gasteiger partial charge on any atom is -0.285 e. The highest BCUT2D eigenvalue weighted by atomic mass is 32.3. The fourth-order valence-corrected chi connectivity index (χ4v) is 2.76. The fourth-order valence-electron chi connectivity index (χ4n) is 1.56. The summed E-state index contributed by atoms with van der Waals surface area (Å²) in [5.41, 5.74) is 1.06. The van der Waals surface area contributed by atoms with Crippen LogP contribution in [0.4, 0.5) is 3.89 Å².